The molecule has 5 nitrogen and oxygen atoms in total. The first-order valence-corrected chi connectivity index (χ1v) is 9.70. The molecule has 0 bridgehead atoms. The Balaban J connectivity index is 1.70. The van der Waals surface area contributed by atoms with Crippen molar-refractivity contribution in [1.82, 2.24) is 15.6 Å². The summed E-state index contributed by atoms with van der Waals surface area (Å²) >= 11 is 1.64. The lowest BCUT2D eigenvalue weighted by atomic mass is 9.96. The van der Waals surface area contributed by atoms with E-state index < -0.39 is 5.41 Å². The Bertz CT molecular complexity index is 745. The Kier molecular flexibility index (Phi) is 6.91. The topological polar surface area (TPSA) is 71.1 Å². The first-order valence-electron chi connectivity index (χ1n) is 8.82. The smallest absolute Gasteiger partial charge is 0.225 e. The number of nitrogens with zero attached hydrogens (tertiary/aromatic N) is 1. The third kappa shape index (κ3) is 6.26. The highest BCUT2D eigenvalue weighted by Gasteiger charge is 2.20. The number of aryl methyl sites for hydroxylation is 1. The number of amides is 2. The van der Waals surface area contributed by atoms with Crippen LogP contribution in [0.25, 0.3) is 11.3 Å². The maximum atomic E-state index is 11.9. The number of hydrogen-bond donors (Lipinski definition) is 2. The summed E-state index contributed by atoms with van der Waals surface area (Å²) in [6, 6.07) is 8.07. The van der Waals surface area contributed by atoms with Gasteiger partial charge in [-0.3, -0.25) is 9.59 Å². The SMILES string of the molecule is Cc1nc(-c2ccc(CNC(=O)CCCNC(=O)C(C)(C)C)cc2)cs1. The van der Waals surface area contributed by atoms with Gasteiger partial charge >= 0.3 is 0 Å². The van der Waals surface area contributed by atoms with E-state index >= 15 is 0 Å². The molecule has 0 aliphatic carbocycles. The highest BCUT2D eigenvalue weighted by atomic mass is 32.1. The monoisotopic (exact) mass is 373 g/mol. The lowest BCUT2D eigenvalue weighted by Gasteiger charge is -2.17. The van der Waals surface area contributed by atoms with E-state index in [0.29, 0.717) is 25.9 Å². The third-order valence-corrected chi connectivity index (χ3v) is 4.68. The van der Waals surface area contributed by atoms with Gasteiger partial charge in [-0.2, -0.15) is 0 Å². The summed E-state index contributed by atoms with van der Waals surface area (Å²) in [7, 11) is 0. The Morgan fingerprint density at radius 1 is 1.12 bits per heavy atom. The maximum absolute atomic E-state index is 11.9. The fraction of sp³-hybridized carbons (Fsp3) is 0.450. The zero-order chi connectivity index (χ0) is 19.2. The highest BCUT2D eigenvalue weighted by molar-refractivity contribution is 7.09. The van der Waals surface area contributed by atoms with Gasteiger partial charge in [-0.25, -0.2) is 4.98 Å². The number of thiazole rings is 1. The second-order valence-corrected chi connectivity index (χ2v) is 8.40. The van der Waals surface area contributed by atoms with Crippen molar-refractivity contribution in [2.75, 3.05) is 6.54 Å². The molecule has 0 aliphatic rings. The first kappa shape index (κ1) is 20.1. The fourth-order valence-corrected chi connectivity index (χ4v) is 2.92. The first-order chi connectivity index (χ1) is 12.3. The zero-order valence-corrected chi connectivity index (χ0v) is 16.7. The Morgan fingerprint density at radius 2 is 1.81 bits per heavy atom. The lowest BCUT2D eigenvalue weighted by Crippen LogP contribution is -2.35. The molecule has 1 heterocycles. The third-order valence-electron chi connectivity index (χ3n) is 3.91. The number of aromatic nitrogens is 1. The van der Waals surface area contributed by atoms with Crippen LogP contribution in [0.15, 0.2) is 29.6 Å². The summed E-state index contributed by atoms with van der Waals surface area (Å²) in [4.78, 5) is 28.1. The summed E-state index contributed by atoms with van der Waals surface area (Å²) in [5, 5.41) is 8.86. The second kappa shape index (κ2) is 8.94. The normalized spacial score (nSPS) is 11.2. The minimum absolute atomic E-state index is 0.00536. The van der Waals surface area contributed by atoms with Gasteiger partial charge in [-0.15, -0.1) is 11.3 Å². The van der Waals surface area contributed by atoms with E-state index in [-0.39, 0.29) is 11.8 Å². The van der Waals surface area contributed by atoms with Crippen LogP contribution in [0.4, 0.5) is 0 Å². The van der Waals surface area contributed by atoms with Crippen LogP contribution in [0, 0.1) is 12.3 Å². The van der Waals surface area contributed by atoms with Crippen molar-refractivity contribution in [3.05, 3.63) is 40.2 Å². The summed E-state index contributed by atoms with van der Waals surface area (Å²) in [6.45, 7) is 8.63. The predicted molar refractivity (Wildman–Crippen MR) is 106 cm³/mol. The number of nitrogens with one attached hydrogen (secondary N) is 2. The van der Waals surface area contributed by atoms with Crippen molar-refractivity contribution in [1.29, 1.82) is 0 Å². The van der Waals surface area contributed by atoms with Crippen LogP contribution in [0.3, 0.4) is 0 Å². The van der Waals surface area contributed by atoms with Crippen LogP contribution in [-0.4, -0.2) is 23.3 Å². The van der Waals surface area contributed by atoms with Crippen LogP contribution in [0.2, 0.25) is 0 Å². The van der Waals surface area contributed by atoms with Crippen molar-refractivity contribution < 1.29 is 9.59 Å². The number of rotatable bonds is 7. The number of hydrogen-bond acceptors (Lipinski definition) is 4. The van der Waals surface area contributed by atoms with Crippen molar-refractivity contribution in [3.63, 3.8) is 0 Å². The molecule has 2 amide bonds. The quantitative estimate of drug-likeness (QED) is 0.727. The molecule has 0 unspecified atom stereocenters. The molecular weight excluding hydrogens is 346 g/mol. The largest absolute Gasteiger partial charge is 0.356 e. The van der Waals surface area contributed by atoms with Gasteiger partial charge in [0.1, 0.15) is 0 Å². The van der Waals surface area contributed by atoms with E-state index in [4.69, 9.17) is 0 Å². The van der Waals surface area contributed by atoms with Crippen molar-refractivity contribution in [2.24, 2.45) is 5.41 Å². The maximum Gasteiger partial charge on any atom is 0.225 e. The molecule has 6 heteroatoms. The van der Waals surface area contributed by atoms with E-state index in [1.807, 2.05) is 57.3 Å². The van der Waals surface area contributed by atoms with Crippen molar-refractivity contribution in [3.8, 4) is 11.3 Å². The molecule has 1 aromatic heterocycles. The predicted octanol–water partition coefficient (Wildman–Crippen LogP) is 3.68. The van der Waals surface area contributed by atoms with E-state index in [1.165, 1.54) is 0 Å². The minimum Gasteiger partial charge on any atom is -0.356 e. The van der Waals surface area contributed by atoms with Gasteiger partial charge in [-0.05, 0) is 18.9 Å². The van der Waals surface area contributed by atoms with Crippen LogP contribution < -0.4 is 10.6 Å². The van der Waals surface area contributed by atoms with Crippen LogP contribution in [-0.2, 0) is 16.1 Å². The van der Waals surface area contributed by atoms with Gasteiger partial charge in [-0.1, -0.05) is 45.0 Å². The lowest BCUT2D eigenvalue weighted by molar-refractivity contribution is -0.128. The molecule has 0 fully saturated rings. The molecule has 0 radical (unpaired) electrons. The Labute approximate surface area is 159 Å². The Morgan fingerprint density at radius 3 is 2.38 bits per heavy atom. The molecule has 2 rings (SSSR count). The van der Waals surface area contributed by atoms with E-state index in [9.17, 15) is 9.59 Å². The number of benzene rings is 1. The van der Waals surface area contributed by atoms with Crippen molar-refractivity contribution >= 4 is 23.2 Å². The van der Waals surface area contributed by atoms with Crippen LogP contribution in [0.5, 0.6) is 0 Å². The van der Waals surface area contributed by atoms with Gasteiger partial charge < -0.3 is 10.6 Å². The average Bonchev–Trinajstić information content (AvgIpc) is 3.02. The summed E-state index contributed by atoms with van der Waals surface area (Å²) in [5.41, 5.74) is 2.72. The summed E-state index contributed by atoms with van der Waals surface area (Å²) in [5.74, 6) is 0.00233. The van der Waals surface area contributed by atoms with Gasteiger partial charge in [0.15, 0.2) is 0 Å². The molecule has 0 aliphatic heterocycles. The van der Waals surface area contributed by atoms with Crippen molar-refractivity contribution in [2.45, 2.75) is 47.1 Å². The Hall–Kier alpha value is -2.21. The molecule has 0 saturated carbocycles. The zero-order valence-electron chi connectivity index (χ0n) is 15.9. The van der Waals surface area contributed by atoms with Gasteiger partial charge in [0.05, 0.1) is 10.7 Å². The number of carbonyl (C=O) groups excluding carboxylic acids is 2. The average molecular weight is 374 g/mol. The van der Waals surface area contributed by atoms with Gasteiger partial charge in [0.2, 0.25) is 11.8 Å². The number of carbonyl (C=O) groups is 2. The van der Waals surface area contributed by atoms with Crippen LogP contribution in [0.1, 0.15) is 44.2 Å². The highest BCUT2D eigenvalue weighted by Crippen LogP contribution is 2.21. The standard InChI is InChI=1S/C20H27N3O2S/c1-14-23-17(13-26-14)16-9-7-15(8-10-16)12-22-18(24)6-5-11-21-19(25)20(2,3)4/h7-10,13H,5-6,11-12H2,1-4H3,(H,21,25)(H,22,24). The van der Waals surface area contributed by atoms with Crippen LogP contribution >= 0.6 is 11.3 Å². The van der Waals surface area contributed by atoms with E-state index in [1.54, 1.807) is 11.3 Å². The molecule has 2 N–H and O–H groups in total. The minimum atomic E-state index is -0.397. The molecular formula is C20H27N3O2S. The molecule has 140 valence electrons. The van der Waals surface area contributed by atoms with E-state index in [0.717, 1.165) is 21.8 Å². The second-order valence-electron chi connectivity index (χ2n) is 7.33. The molecule has 26 heavy (non-hydrogen) atoms. The van der Waals surface area contributed by atoms with Gasteiger partial charge in [0.25, 0.3) is 0 Å². The molecule has 0 spiro atoms. The fourth-order valence-electron chi connectivity index (χ4n) is 2.29. The molecule has 0 saturated heterocycles. The van der Waals surface area contributed by atoms with E-state index in [2.05, 4.69) is 15.6 Å². The molecule has 1 aromatic carbocycles. The molecule has 0 atom stereocenters. The summed E-state index contributed by atoms with van der Waals surface area (Å²) < 4.78 is 0. The van der Waals surface area contributed by atoms with Gasteiger partial charge in [0, 0.05) is 35.9 Å². The summed E-state index contributed by atoms with van der Waals surface area (Å²) in [6.07, 6.45) is 1.04. The molecule has 2 aromatic rings.